The van der Waals surface area contributed by atoms with E-state index in [2.05, 4.69) is 21.9 Å². The summed E-state index contributed by atoms with van der Waals surface area (Å²) in [5, 5.41) is 6.25. The highest BCUT2D eigenvalue weighted by atomic mass is 32.2. The van der Waals surface area contributed by atoms with Crippen molar-refractivity contribution in [1.82, 2.24) is 19.9 Å². The van der Waals surface area contributed by atoms with Gasteiger partial charge in [-0.05, 0) is 43.5 Å². The second-order valence-corrected chi connectivity index (χ2v) is 16.6. The summed E-state index contributed by atoms with van der Waals surface area (Å²) in [5.74, 6) is -1.50. The van der Waals surface area contributed by atoms with E-state index in [1.54, 1.807) is 13.2 Å². The van der Waals surface area contributed by atoms with E-state index in [0.717, 1.165) is 36.6 Å². The Morgan fingerprint density at radius 2 is 1.61 bits per heavy atom. The number of methoxy groups -OCH3 is 1. The molecule has 1 aliphatic carbocycles. The minimum Gasteiger partial charge on any atom is -0.497 e. The number of ether oxygens (including phenoxy) is 2. The number of pyridine rings is 1. The van der Waals surface area contributed by atoms with Crippen molar-refractivity contribution in [3.8, 4) is 22.8 Å². The molecular formula is C43H47N5O8S. The molecule has 1 spiro atoms. The van der Waals surface area contributed by atoms with Crippen LogP contribution in [0.25, 0.3) is 22.2 Å². The molecule has 2 fully saturated rings. The average molecular weight is 794 g/mol. The fraction of sp³-hybridized carbons (Fsp3) is 0.372. The molecule has 1 saturated carbocycles. The van der Waals surface area contributed by atoms with Gasteiger partial charge in [0, 0.05) is 48.3 Å². The molecule has 4 atom stereocenters. The molecule has 4 amide bonds. The molecule has 3 heterocycles. The lowest BCUT2D eigenvalue weighted by Crippen LogP contribution is -2.56. The number of rotatable bonds is 5. The molecule has 7 rings (SSSR count). The zero-order valence-corrected chi connectivity index (χ0v) is 32.7. The highest BCUT2D eigenvalue weighted by Gasteiger charge is 2.61. The quantitative estimate of drug-likeness (QED) is 0.208. The van der Waals surface area contributed by atoms with Crippen LogP contribution in [0.15, 0.2) is 96.4 Å². The second kappa shape index (κ2) is 16.8. The van der Waals surface area contributed by atoms with Gasteiger partial charge in [0.25, 0.3) is 15.9 Å². The number of amides is 4. The second-order valence-electron chi connectivity index (χ2n) is 14.9. The van der Waals surface area contributed by atoms with E-state index in [1.165, 1.54) is 29.2 Å². The van der Waals surface area contributed by atoms with Gasteiger partial charge in [0.1, 0.15) is 34.1 Å². The molecule has 14 heteroatoms. The number of nitrogens with one attached hydrogen (secondary N) is 3. The van der Waals surface area contributed by atoms with Crippen LogP contribution in [-0.4, -0.2) is 73.3 Å². The first-order chi connectivity index (χ1) is 27.5. The smallest absolute Gasteiger partial charge is 0.266 e. The molecule has 13 nitrogen and oxygen atoms in total. The van der Waals surface area contributed by atoms with Crippen molar-refractivity contribution in [1.29, 1.82) is 0 Å². The summed E-state index contributed by atoms with van der Waals surface area (Å²) in [6.07, 6.45) is 6.10. The van der Waals surface area contributed by atoms with Crippen LogP contribution in [0.3, 0.4) is 0 Å². The average Bonchev–Trinajstić information content (AvgIpc) is 3.77. The number of carbonyl (C=O) groups is 4. The summed E-state index contributed by atoms with van der Waals surface area (Å²) in [6.45, 7) is 3.93. The first-order valence-corrected chi connectivity index (χ1v) is 20.9. The Hall–Kier alpha value is -5.76. The number of nitrogens with zero attached hydrogens (tertiary/aromatic N) is 2. The Balaban J connectivity index is 1.18. The van der Waals surface area contributed by atoms with Gasteiger partial charge in [-0.2, -0.15) is 0 Å². The Labute approximate surface area is 332 Å². The first-order valence-electron chi connectivity index (χ1n) is 19.4. The van der Waals surface area contributed by atoms with E-state index in [4.69, 9.17) is 14.5 Å². The van der Waals surface area contributed by atoms with Gasteiger partial charge in [-0.3, -0.25) is 19.2 Å². The van der Waals surface area contributed by atoms with E-state index < -0.39 is 45.4 Å². The van der Waals surface area contributed by atoms with Crippen LogP contribution in [0.5, 0.6) is 11.5 Å². The molecule has 1 saturated heterocycles. The number of para-hydroxylation sites is 1. The van der Waals surface area contributed by atoms with Crippen molar-refractivity contribution in [2.24, 2.45) is 5.92 Å². The zero-order valence-electron chi connectivity index (χ0n) is 31.9. The first kappa shape index (κ1) is 39.5. The number of fused-ring (bicyclic) bond motifs is 3. The molecule has 4 aromatic rings. The van der Waals surface area contributed by atoms with Crippen molar-refractivity contribution in [2.75, 3.05) is 19.0 Å². The van der Waals surface area contributed by atoms with E-state index in [-0.39, 0.29) is 54.6 Å². The summed E-state index contributed by atoms with van der Waals surface area (Å²) in [6, 6.07) is 21.9. The third kappa shape index (κ3) is 8.65. The highest BCUT2D eigenvalue weighted by molar-refractivity contribution is 7.90. The molecular weight excluding hydrogens is 747 g/mol. The maximum atomic E-state index is 14.3. The van der Waals surface area contributed by atoms with Crippen molar-refractivity contribution in [3.05, 3.63) is 91.5 Å². The molecule has 0 unspecified atom stereocenters. The third-order valence-corrected chi connectivity index (χ3v) is 12.4. The number of sulfonamides is 1. The fourth-order valence-electron chi connectivity index (χ4n) is 7.78. The van der Waals surface area contributed by atoms with Crippen LogP contribution in [0, 0.1) is 5.92 Å². The molecule has 1 aromatic heterocycles. The van der Waals surface area contributed by atoms with E-state index in [9.17, 15) is 27.6 Å². The highest BCUT2D eigenvalue weighted by Crippen LogP contribution is 2.45. The molecule has 3 N–H and O–H groups in total. The zero-order chi connectivity index (χ0) is 40.2. The maximum Gasteiger partial charge on any atom is 0.266 e. The lowest BCUT2D eigenvalue weighted by Gasteiger charge is -2.26. The van der Waals surface area contributed by atoms with Gasteiger partial charge < -0.3 is 25.0 Å². The van der Waals surface area contributed by atoms with E-state index in [0.29, 0.717) is 35.6 Å². The molecule has 0 radical (unpaired) electrons. The monoisotopic (exact) mass is 793 g/mol. The Morgan fingerprint density at radius 1 is 0.895 bits per heavy atom. The molecule has 0 bridgehead atoms. The van der Waals surface area contributed by atoms with Gasteiger partial charge >= 0.3 is 0 Å². The summed E-state index contributed by atoms with van der Waals surface area (Å²) >= 11 is 0. The molecule has 2 aliphatic heterocycles. The van der Waals surface area contributed by atoms with Crippen molar-refractivity contribution in [3.63, 3.8) is 0 Å². The number of benzene rings is 3. The van der Waals surface area contributed by atoms with Gasteiger partial charge in [-0.1, -0.05) is 74.2 Å². The maximum absolute atomic E-state index is 14.3. The summed E-state index contributed by atoms with van der Waals surface area (Å²) in [5.41, 5.74) is 0.626. The lowest BCUT2D eigenvalue weighted by atomic mass is 10.1. The predicted molar refractivity (Wildman–Crippen MR) is 215 cm³/mol. The number of hydrogen-bond acceptors (Lipinski definition) is 9. The lowest BCUT2D eigenvalue weighted by molar-refractivity contribution is -0.139. The minimum absolute atomic E-state index is 0.0472. The molecule has 3 aliphatic rings. The number of hydrogen-bond donors (Lipinski definition) is 3. The Kier molecular flexibility index (Phi) is 11.6. The predicted octanol–water partition coefficient (Wildman–Crippen LogP) is 5.90. The van der Waals surface area contributed by atoms with Crippen molar-refractivity contribution in [2.45, 2.75) is 86.8 Å². The minimum atomic E-state index is -4.50. The molecule has 3 aromatic carbocycles. The SMILES string of the molecule is C=C[C@@H]1C[C@@]12NC(=O)[C@@H]1C[C@@H](Oc3cc(-c4ccccc4)nc4cc(OC)ccc34)CN1C(=O)CCCCCCCCC(=O)Nc1ccccc1S(=O)(=O)NC2=O. The summed E-state index contributed by atoms with van der Waals surface area (Å²) in [7, 11) is -2.92. The summed E-state index contributed by atoms with van der Waals surface area (Å²) < 4.78 is 41.7. The topological polar surface area (TPSA) is 173 Å². The third-order valence-electron chi connectivity index (χ3n) is 11.0. The van der Waals surface area contributed by atoms with E-state index >= 15 is 0 Å². The van der Waals surface area contributed by atoms with Crippen molar-refractivity contribution < 1.29 is 37.1 Å². The number of aromatic nitrogens is 1. The largest absolute Gasteiger partial charge is 0.497 e. The van der Waals surface area contributed by atoms with Gasteiger partial charge in [-0.25, -0.2) is 18.1 Å². The van der Waals surface area contributed by atoms with Gasteiger partial charge in [0.15, 0.2) is 0 Å². The van der Waals surface area contributed by atoms with Crippen LogP contribution in [0.4, 0.5) is 5.69 Å². The molecule has 298 valence electrons. The number of anilines is 1. The van der Waals surface area contributed by atoms with E-state index in [1.807, 2.05) is 54.6 Å². The molecule has 57 heavy (non-hydrogen) atoms. The number of carbonyl (C=O) groups excluding carboxylic acids is 4. The van der Waals surface area contributed by atoms with Crippen LogP contribution in [0.2, 0.25) is 0 Å². The van der Waals surface area contributed by atoms with Crippen LogP contribution >= 0.6 is 0 Å². The van der Waals surface area contributed by atoms with Gasteiger partial charge in [0.05, 0.1) is 30.6 Å². The Bertz CT molecular complexity index is 2300. The van der Waals surface area contributed by atoms with Crippen LogP contribution < -0.4 is 24.8 Å². The van der Waals surface area contributed by atoms with Crippen LogP contribution in [-0.2, 0) is 29.2 Å². The van der Waals surface area contributed by atoms with Gasteiger partial charge in [-0.15, -0.1) is 6.58 Å². The standard InChI is InChI=1S/C43H47N5O8S/c1-3-29-26-43(29)42(52)47-57(53,54)38-18-14-13-17-33(38)45-39(49)19-11-6-4-5-7-12-20-40(50)48-27-31(24-36(48)41(51)46-43)56-37-25-34(28-15-9-8-10-16-28)44-35-23-30(55-2)21-22-32(35)37/h3,8-10,13-18,21-23,25,29,31,36H,1,4-7,11-12,19-20,24,26-27H2,2H3,(H,45,49)(H,46,51)(H,47,52)/t29-,31-,36+,43-/m1/s1. The van der Waals surface area contributed by atoms with Gasteiger partial charge in [0.2, 0.25) is 17.7 Å². The van der Waals surface area contributed by atoms with Crippen molar-refractivity contribution >= 4 is 50.2 Å². The summed E-state index contributed by atoms with van der Waals surface area (Å²) in [4.78, 5) is 61.1. The normalized spacial score (nSPS) is 24.6. The Morgan fingerprint density at radius 3 is 2.35 bits per heavy atom. The fourth-order valence-corrected chi connectivity index (χ4v) is 8.98. The van der Waals surface area contributed by atoms with Crippen LogP contribution in [0.1, 0.15) is 64.2 Å².